The lowest BCUT2D eigenvalue weighted by molar-refractivity contribution is 0.395. The molecule has 0 amide bonds. The van der Waals surface area contributed by atoms with Crippen LogP contribution < -0.4 is 9.64 Å². The molecule has 23 heavy (non-hydrogen) atoms. The molecule has 118 valence electrons. The smallest absolute Gasteiger partial charge is 0.228 e. The van der Waals surface area contributed by atoms with E-state index < -0.39 is 0 Å². The minimum absolute atomic E-state index is 0.462. The van der Waals surface area contributed by atoms with Gasteiger partial charge in [0, 0.05) is 31.3 Å². The summed E-state index contributed by atoms with van der Waals surface area (Å²) in [6.45, 7) is 1.85. The molecule has 3 aromatic rings. The number of para-hydroxylation sites is 2. The van der Waals surface area contributed by atoms with Crippen LogP contribution in [-0.4, -0.2) is 40.1 Å². The van der Waals surface area contributed by atoms with E-state index >= 15 is 0 Å². The van der Waals surface area contributed by atoms with Gasteiger partial charge in [-0.1, -0.05) is 12.1 Å². The SMILES string of the molecule is COc1ccnc(N2CCC(c3nc4ccccc4[nH]3)CC2)n1. The molecule has 1 saturated heterocycles. The molecule has 6 heteroatoms. The molecule has 1 aromatic carbocycles. The van der Waals surface area contributed by atoms with Gasteiger partial charge < -0.3 is 14.6 Å². The number of nitrogens with zero attached hydrogens (tertiary/aromatic N) is 4. The fraction of sp³-hybridized carbons (Fsp3) is 0.353. The van der Waals surface area contributed by atoms with Gasteiger partial charge >= 0.3 is 0 Å². The normalized spacial score (nSPS) is 16.0. The van der Waals surface area contributed by atoms with E-state index in [-0.39, 0.29) is 0 Å². The highest BCUT2D eigenvalue weighted by Gasteiger charge is 2.24. The molecule has 1 aliphatic heterocycles. The predicted molar refractivity (Wildman–Crippen MR) is 88.9 cm³/mol. The Balaban J connectivity index is 1.48. The van der Waals surface area contributed by atoms with E-state index in [1.54, 1.807) is 19.4 Å². The Morgan fingerprint density at radius 3 is 2.74 bits per heavy atom. The zero-order valence-electron chi connectivity index (χ0n) is 13.1. The van der Waals surface area contributed by atoms with Crippen molar-refractivity contribution in [1.82, 2.24) is 19.9 Å². The third kappa shape index (κ3) is 2.72. The molecule has 0 saturated carbocycles. The van der Waals surface area contributed by atoms with Crippen LogP contribution >= 0.6 is 0 Å². The van der Waals surface area contributed by atoms with Crippen LogP contribution in [0.25, 0.3) is 11.0 Å². The zero-order valence-corrected chi connectivity index (χ0v) is 13.1. The van der Waals surface area contributed by atoms with Crippen LogP contribution in [0.15, 0.2) is 36.5 Å². The van der Waals surface area contributed by atoms with Gasteiger partial charge in [0.15, 0.2) is 0 Å². The number of fused-ring (bicyclic) bond motifs is 1. The number of nitrogens with one attached hydrogen (secondary N) is 1. The maximum absolute atomic E-state index is 5.18. The van der Waals surface area contributed by atoms with Crippen molar-refractivity contribution in [3.05, 3.63) is 42.4 Å². The van der Waals surface area contributed by atoms with Crippen molar-refractivity contribution in [3.63, 3.8) is 0 Å². The van der Waals surface area contributed by atoms with Gasteiger partial charge in [-0.05, 0) is 25.0 Å². The van der Waals surface area contributed by atoms with Crippen LogP contribution in [0, 0.1) is 0 Å². The summed E-state index contributed by atoms with van der Waals surface area (Å²) in [5.74, 6) is 2.91. The monoisotopic (exact) mass is 309 g/mol. The van der Waals surface area contributed by atoms with Crippen LogP contribution in [-0.2, 0) is 0 Å². The van der Waals surface area contributed by atoms with E-state index in [1.807, 2.05) is 12.1 Å². The highest BCUT2D eigenvalue weighted by molar-refractivity contribution is 5.74. The van der Waals surface area contributed by atoms with Crippen molar-refractivity contribution >= 4 is 17.0 Å². The number of rotatable bonds is 3. The first-order valence-corrected chi connectivity index (χ1v) is 7.90. The Morgan fingerprint density at radius 1 is 1.13 bits per heavy atom. The second kappa shape index (κ2) is 5.87. The van der Waals surface area contributed by atoms with Crippen molar-refractivity contribution < 1.29 is 4.74 Å². The highest BCUT2D eigenvalue weighted by atomic mass is 16.5. The first kappa shape index (κ1) is 14.0. The number of hydrogen-bond donors (Lipinski definition) is 1. The summed E-state index contributed by atoms with van der Waals surface area (Å²) in [6.07, 6.45) is 3.83. The third-order valence-corrected chi connectivity index (χ3v) is 4.40. The van der Waals surface area contributed by atoms with Gasteiger partial charge in [0.2, 0.25) is 11.8 Å². The van der Waals surface area contributed by atoms with Gasteiger partial charge in [0.1, 0.15) is 5.82 Å². The van der Waals surface area contributed by atoms with Gasteiger partial charge in [-0.15, -0.1) is 0 Å². The second-order valence-corrected chi connectivity index (χ2v) is 5.80. The Labute approximate surface area is 134 Å². The number of piperidine rings is 1. The molecular weight excluding hydrogens is 290 g/mol. The molecule has 4 rings (SSSR count). The fourth-order valence-electron chi connectivity index (χ4n) is 3.12. The van der Waals surface area contributed by atoms with Crippen molar-refractivity contribution in [2.24, 2.45) is 0 Å². The number of methoxy groups -OCH3 is 1. The molecule has 0 bridgehead atoms. The second-order valence-electron chi connectivity index (χ2n) is 5.80. The van der Waals surface area contributed by atoms with Crippen LogP contribution in [0.1, 0.15) is 24.6 Å². The molecule has 0 aliphatic carbocycles. The largest absolute Gasteiger partial charge is 0.481 e. The van der Waals surface area contributed by atoms with Gasteiger partial charge in [0.05, 0.1) is 18.1 Å². The first-order valence-electron chi connectivity index (χ1n) is 7.90. The number of anilines is 1. The number of ether oxygens (including phenoxy) is 1. The number of hydrogen-bond acceptors (Lipinski definition) is 5. The molecule has 1 N–H and O–H groups in total. The topological polar surface area (TPSA) is 66.9 Å². The standard InChI is InChI=1S/C17H19N5O/c1-23-15-6-9-18-17(21-15)22-10-7-12(8-11-22)16-19-13-4-2-3-5-14(13)20-16/h2-6,9,12H,7-8,10-11H2,1H3,(H,19,20). The minimum atomic E-state index is 0.462. The Kier molecular flexibility index (Phi) is 3.57. The minimum Gasteiger partial charge on any atom is -0.481 e. The highest BCUT2D eigenvalue weighted by Crippen LogP contribution is 2.29. The molecule has 1 fully saturated rings. The quantitative estimate of drug-likeness (QED) is 0.806. The van der Waals surface area contributed by atoms with Gasteiger partial charge in [-0.25, -0.2) is 9.97 Å². The van der Waals surface area contributed by atoms with Crippen LogP contribution in [0.5, 0.6) is 5.88 Å². The Hall–Kier alpha value is -2.63. The molecule has 1 aliphatic rings. The number of aromatic amines is 1. The molecule has 0 unspecified atom stereocenters. The van der Waals surface area contributed by atoms with Crippen molar-refractivity contribution in [1.29, 1.82) is 0 Å². The molecule has 0 spiro atoms. The van der Waals surface area contributed by atoms with Crippen molar-refractivity contribution in [3.8, 4) is 5.88 Å². The van der Waals surface area contributed by atoms with Gasteiger partial charge in [-0.2, -0.15) is 4.98 Å². The van der Waals surface area contributed by atoms with E-state index in [2.05, 4.69) is 32.0 Å². The average Bonchev–Trinajstić information content (AvgIpc) is 3.06. The number of H-pyrrole nitrogens is 1. The summed E-state index contributed by atoms with van der Waals surface area (Å²) in [4.78, 5) is 19.2. The van der Waals surface area contributed by atoms with Crippen LogP contribution in [0.3, 0.4) is 0 Å². The number of imidazole rings is 1. The Morgan fingerprint density at radius 2 is 1.96 bits per heavy atom. The van der Waals surface area contributed by atoms with Crippen molar-refractivity contribution in [2.75, 3.05) is 25.1 Å². The number of aromatic nitrogens is 4. The summed E-state index contributed by atoms with van der Waals surface area (Å²) in [5, 5.41) is 0. The Bertz CT molecular complexity index is 774. The summed E-state index contributed by atoms with van der Waals surface area (Å²) >= 11 is 0. The molecular formula is C17H19N5O. The summed E-state index contributed by atoms with van der Waals surface area (Å²) < 4.78 is 5.18. The molecule has 6 nitrogen and oxygen atoms in total. The van der Waals surface area contributed by atoms with Gasteiger partial charge in [-0.3, -0.25) is 0 Å². The van der Waals surface area contributed by atoms with E-state index in [1.165, 1.54) is 0 Å². The molecule has 2 aromatic heterocycles. The van der Waals surface area contributed by atoms with E-state index in [0.717, 1.165) is 48.7 Å². The van der Waals surface area contributed by atoms with Gasteiger partial charge in [0.25, 0.3) is 0 Å². The van der Waals surface area contributed by atoms with E-state index in [9.17, 15) is 0 Å². The lowest BCUT2D eigenvalue weighted by atomic mass is 9.96. The van der Waals surface area contributed by atoms with E-state index in [0.29, 0.717) is 11.8 Å². The predicted octanol–water partition coefficient (Wildman–Crippen LogP) is 2.75. The maximum atomic E-state index is 5.18. The molecule has 3 heterocycles. The average molecular weight is 309 g/mol. The lowest BCUT2D eigenvalue weighted by Crippen LogP contribution is -2.34. The fourth-order valence-corrected chi connectivity index (χ4v) is 3.12. The lowest BCUT2D eigenvalue weighted by Gasteiger charge is -2.31. The van der Waals surface area contributed by atoms with Crippen LogP contribution in [0.4, 0.5) is 5.95 Å². The summed E-state index contributed by atoms with van der Waals surface area (Å²) in [5.41, 5.74) is 2.15. The van der Waals surface area contributed by atoms with Crippen LogP contribution in [0.2, 0.25) is 0 Å². The third-order valence-electron chi connectivity index (χ3n) is 4.40. The van der Waals surface area contributed by atoms with E-state index in [4.69, 9.17) is 9.72 Å². The summed E-state index contributed by atoms with van der Waals surface area (Å²) in [7, 11) is 1.62. The maximum Gasteiger partial charge on any atom is 0.228 e. The molecule has 0 atom stereocenters. The van der Waals surface area contributed by atoms with Crippen molar-refractivity contribution in [2.45, 2.75) is 18.8 Å². The first-order chi connectivity index (χ1) is 11.3. The zero-order chi connectivity index (χ0) is 15.6. The number of benzene rings is 1. The summed E-state index contributed by atoms with van der Waals surface area (Å²) in [6, 6.07) is 9.95. The molecule has 0 radical (unpaired) electrons.